The van der Waals surface area contributed by atoms with E-state index in [9.17, 15) is 14.9 Å². The van der Waals surface area contributed by atoms with Crippen LogP contribution in [-0.2, 0) is 4.79 Å². The Morgan fingerprint density at radius 2 is 2.16 bits per heavy atom. The van der Waals surface area contributed by atoms with E-state index in [1.165, 1.54) is 23.9 Å². The third-order valence-electron chi connectivity index (χ3n) is 2.44. The first-order valence-electron chi connectivity index (χ1n) is 5.44. The summed E-state index contributed by atoms with van der Waals surface area (Å²) in [5.74, 6) is 0.641. The molecule has 0 spiro atoms. The summed E-state index contributed by atoms with van der Waals surface area (Å²) in [6.45, 7) is 0.713. The first kappa shape index (κ1) is 14.0. The number of nitro benzene ring substituents is 1. The smallest absolute Gasteiger partial charge is 0.269 e. The highest BCUT2D eigenvalue weighted by atomic mass is 79.9. The van der Waals surface area contributed by atoms with Crippen molar-refractivity contribution >= 4 is 44.5 Å². The van der Waals surface area contributed by atoms with Crippen LogP contribution in [0.25, 0.3) is 0 Å². The van der Waals surface area contributed by atoms with Crippen molar-refractivity contribution in [3.8, 4) is 0 Å². The number of amidine groups is 1. The molecule has 0 saturated heterocycles. The van der Waals surface area contributed by atoms with Gasteiger partial charge in [0.25, 0.3) is 5.69 Å². The largest absolute Gasteiger partial charge is 0.304 e. The number of aliphatic imine (C=N–C) groups is 1. The molecule has 1 aromatic rings. The molecular weight excluding hydrogens is 334 g/mol. The molecule has 0 radical (unpaired) electrons. The highest BCUT2D eigenvalue weighted by molar-refractivity contribution is 9.09. The van der Waals surface area contributed by atoms with Crippen LogP contribution in [0, 0.1) is 10.1 Å². The second kappa shape index (κ2) is 6.16. The van der Waals surface area contributed by atoms with Crippen molar-refractivity contribution in [1.29, 1.82) is 0 Å². The highest BCUT2D eigenvalue weighted by Gasteiger charge is 2.20. The Balaban J connectivity index is 2.03. The fourth-order valence-electron chi connectivity index (χ4n) is 1.50. The number of thioether (sulfide) groups is 1. The molecule has 1 amide bonds. The fraction of sp³-hybridized carbons (Fsp3) is 0.273. The lowest BCUT2D eigenvalue weighted by molar-refractivity contribution is -0.384. The number of carbonyl (C=O) groups excluding carboxylic acids is 1. The van der Waals surface area contributed by atoms with Crippen LogP contribution in [0.15, 0.2) is 29.3 Å². The number of nitro groups is 1. The predicted octanol–water partition coefficient (Wildman–Crippen LogP) is 2.25. The molecule has 1 heterocycles. The summed E-state index contributed by atoms with van der Waals surface area (Å²) in [5, 5.41) is 13.9. The minimum atomic E-state index is -0.558. The van der Waals surface area contributed by atoms with E-state index < -0.39 is 9.75 Å². The van der Waals surface area contributed by atoms with Crippen LogP contribution in [0.1, 0.15) is 10.4 Å². The van der Waals surface area contributed by atoms with Gasteiger partial charge in [0.15, 0.2) is 5.17 Å². The van der Waals surface area contributed by atoms with Gasteiger partial charge in [-0.05, 0) is 5.56 Å². The number of rotatable bonds is 3. The summed E-state index contributed by atoms with van der Waals surface area (Å²) >= 11 is 4.77. The first-order chi connectivity index (χ1) is 9.08. The third kappa shape index (κ3) is 3.54. The van der Waals surface area contributed by atoms with Crippen LogP contribution in [0.2, 0.25) is 0 Å². The first-order valence-corrected chi connectivity index (χ1v) is 7.34. The predicted molar refractivity (Wildman–Crippen MR) is 77.7 cm³/mol. The summed E-state index contributed by atoms with van der Waals surface area (Å²) in [4.78, 5) is 25.6. The Morgan fingerprint density at radius 1 is 1.47 bits per heavy atom. The topological polar surface area (TPSA) is 84.6 Å². The van der Waals surface area contributed by atoms with Gasteiger partial charge in [-0.2, -0.15) is 0 Å². The molecule has 1 unspecified atom stereocenters. The van der Waals surface area contributed by atoms with E-state index >= 15 is 0 Å². The van der Waals surface area contributed by atoms with Gasteiger partial charge >= 0.3 is 0 Å². The van der Waals surface area contributed by atoms with E-state index in [-0.39, 0.29) is 11.6 Å². The van der Waals surface area contributed by atoms with Crippen LogP contribution in [-0.4, -0.2) is 28.3 Å². The Morgan fingerprint density at radius 3 is 2.68 bits per heavy atom. The number of halogens is 1. The summed E-state index contributed by atoms with van der Waals surface area (Å²) in [6, 6.07) is 5.86. The van der Waals surface area contributed by atoms with Gasteiger partial charge in [-0.3, -0.25) is 19.9 Å². The van der Waals surface area contributed by atoms with Crippen LogP contribution in [0.5, 0.6) is 0 Å². The Hall–Kier alpha value is -1.41. The summed E-state index contributed by atoms with van der Waals surface area (Å²) in [7, 11) is 0. The maximum atomic E-state index is 11.9. The standard InChI is InChI=1S/C11H10BrN3O3S/c12-9(10(16)14-11-13-5-6-19-11)7-1-3-8(4-2-7)15(17)18/h1-4,9H,5-6H2,(H,13,14,16). The molecular formula is C11H10BrN3O3S. The van der Waals surface area contributed by atoms with Crippen LogP contribution in [0.3, 0.4) is 0 Å². The molecule has 8 heteroatoms. The van der Waals surface area contributed by atoms with Gasteiger partial charge in [0.2, 0.25) is 5.91 Å². The van der Waals surface area contributed by atoms with E-state index in [4.69, 9.17) is 0 Å². The molecule has 2 rings (SSSR count). The monoisotopic (exact) mass is 343 g/mol. The molecule has 0 aromatic heterocycles. The molecule has 1 aliphatic heterocycles. The second-order valence-electron chi connectivity index (χ2n) is 3.74. The lowest BCUT2D eigenvalue weighted by Gasteiger charge is -2.10. The maximum absolute atomic E-state index is 11.9. The molecule has 100 valence electrons. The van der Waals surface area contributed by atoms with Gasteiger partial charge in [0.1, 0.15) is 4.83 Å². The van der Waals surface area contributed by atoms with Crippen molar-refractivity contribution in [1.82, 2.24) is 5.32 Å². The molecule has 1 aliphatic rings. The van der Waals surface area contributed by atoms with E-state index in [2.05, 4.69) is 26.2 Å². The van der Waals surface area contributed by atoms with Crippen molar-refractivity contribution in [3.63, 3.8) is 0 Å². The minimum Gasteiger partial charge on any atom is -0.304 e. The second-order valence-corrected chi connectivity index (χ2v) is 5.74. The van der Waals surface area contributed by atoms with E-state index in [0.717, 1.165) is 5.75 Å². The number of non-ortho nitro benzene ring substituents is 1. The number of carbonyl (C=O) groups is 1. The molecule has 1 aromatic carbocycles. The number of amides is 1. The van der Waals surface area contributed by atoms with Crippen molar-refractivity contribution in [3.05, 3.63) is 39.9 Å². The van der Waals surface area contributed by atoms with Gasteiger partial charge in [-0.1, -0.05) is 39.8 Å². The van der Waals surface area contributed by atoms with Gasteiger partial charge < -0.3 is 5.32 Å². The number of benzene rings is 1. The average Bonchev–Trinajstić information content (AvgIpc) is 2.90. The fourth-order valence-corrected chi connectivity index (χ4v) is 2.65. The summed E-state index contributed by atoms with van der Waals surface area (Å²) < 4.78 is 0. The summed E-state index contributed by atoms with van der Waals surface area (Å²) in [5.41, 5.74) is 0.659. The van der Waals surface area contributed by atoms with Gasteiger partial charge in [-0.25, -0.2) is 0 Å². The number of hydrogen-bond acceptors (Lipinski definition) is 5. The minimum absolute atomic E-state index is 0.000387. The van der Waals surface area contributed by atoms with Gasteiger partial charge in [0.05, 0.1) is 11.5 Å². The van der Waals surface area contributed by atoms with E-state index in [1.807, 2.05) is 0 Å². The molecule has 0 bridgehead atoms. The highest BCUT2D eigenvalue weighted by Crippen LogP contribution is 2.25. The SMILES string of the molecule is O=C(NC1=NCCS1)C(Br)c1ccc([N+](=O)[O-])cc1. The molecule has 1 atom stereocenters. The van der Waals surface area contributed by atoms with Crippen LogP contribution < -0.4 is 5.32 Å². The third-order valence-corrected chi connectivity index (χ3v) is 4.28. The Kier molecular flexibility index (Phi) is 4.54. The van der Waals surface area contributed by atoms with E-state index in [1.54, 1.807) is 12.1 Å². The van der Waals surface area contributed by atoms with E-state index in [0.29, 0.717) is 17.3 Å². The van der Waals surface area contributed by atoms with Gasteiger partial charge in [0, 0.05) is 17.9 Å². The van der Waals surface area contributed by atoms with Crippen LogP contribution in [0.4, 0.5) is 5.69 Å². The van der Waals surface area contributed by atoms with Crippen molar-refractivity contribution < 1.29 is 9.72 Å². The number of hydrogen-bond donors (Lipinski definition) is 1. The van der Waals surface area contributed by atoms with Gasteiger partial charge in [-0.15, -0.1) is 0 Å². The molecule has 6 nitrogen and oxygen atoms in total. The average molecular weight is 344 g/mol. The number of alkyl halides is 1. The number of nitrogens with zero attached hydrogens (tertiary/aromatic N) is 2. The molecule has 19 heavy (non-hydrogen) atoms. The summed E-state index contributed by atoms with van der Waals surface area (Å²) in [6.07, 6.45) is 0. The van der Waals surface area contributed by atoms with Crippen molar-refractivity contribution in [2.75, 3.05) is 12.3 Å². The number of nitrogens with one attached hydrogen (secondary N) is 1. The molecule has 0 aliphatic carbocycles. The van der Waals surface area contributed by atoms with Crippen molar-refractivity contribution in [2.45, 2.75) is 4.83 Å². The molecule has 1 N–H and O–H groups in total. The Bertz CT molecular complexity index is 532. The lowest BCUT2D eigenvalue weighted by Crippen LogP contribution is -2.30. The van der Waals surface area contributed by atoms with Crippen molar-refractivity contribution in [2.24, 2.45) is 4.99 Å². The van der Waals surface area contributed by atoms with Crippen LogP contribution >= 0.6 is 27.7 Å². The quantitative estimate of drug-likeness (QED) is 0.518. The zero-order valence-corrected chi connectivity index (χ0v) is 12.1. The normalized spacial score (nSPS) is 15.7. The zero-order valence-electron chi connectivity index (χ0n) is 9.71. The molecule has 0 saturated carbocycles. The Labute approximate surface area is 122 Å². The molecule has 0 fully saturated rings. The zero-order chi connectivity index (χ0) is 13.8. The maximum Gasteiger partial charge on any atom is 0.269 e. The lowest BCUT2D eigenvalue weighted by atomic mass is 10.1.